The van der Waals surface area contributed by atoms with Crippen LogP contribution in [0.25, 0.3) is 0 Å². The molecule has 3 atom stereocenters. The van der Waals surface area contributed by atoms with Crippen LogP contribution in [0.3, 0.4) is 0 Å². The topological polar surface area (TPSA) is 84.7 Å². The van der Waals surface area contributed by atoms with Crippen LogP contribution >= 0.6 is 0 Å². The molecule has 2 amide bonds. The molecule has 0 unspecified atom stereocenters. The van der Waals surface area contributed by atoms with Crippen LogP contribution in [0.5, 0.6) is 0 Å². The molecule has 1 rings (SSSR count). The lowest BCUT2D eigenvalue weighted by Gasteiger charge is -2.35. The molecular weight excluding hydrogens is 258 g/mol. The van der Waals surface area contributed by atoms with Crippen molar-refractivity contribution < 1.29 is 14.3 Å². The zero-order chi connectivity index (χ0) is 15.5. The average Bonchev–Trinajstić information content (AvgIpc) is 2.28. The summed E-state index contributed by atoms with van der Waals surface area (Å²) in [6, 6.07) is -0.346. The number of nitrogens with two attached hydrogens (primary N) is 1. The van der Waals surface area contributed by atoms with Crippen LogP contribution in [0.1, 0.15) is 40.0 Å². The number of carbonyl (C=O) groups excluding carboxylic acids is 2. The average molecular weight is 285 g/mol. The number of rotatable bonds is 2. The highest BCUT2D eigenvalue weighted by atomic mass is 16.6. The number of hydrogen-bond acceptors (Lipinski definition) is 4. The summed E-state index contributed by atoms with van der Waals surface area (Å²) in [5, 5.41) is 2.79. The Labute approximate surface area is 121 Å². The van der Waals surface area contributed by atoms with E-state index < -0.39 is 11.7 Å². The van der Waals surface area contributed by atoms with Gasteiger partial charge in [0.25, 0.3) is 0 Å². The van der Waals surface area contributed by atoms with E-state index in [2.05, 4.69) is 5.32 Å². The molecule has 0 aromatic rings. The van der Waals surface area contributed by atoms with Gasteiger partial charge < -0.3 is 20.7 Å². The first-order valence-corrected chi connectivity index (χ1v) is 7.06. The maximum Gasteiger partial charge on any atom is 0.407 e. The summed E-state index contributed by atoms with van der Waals surface area (Å²) in [7, 11) is 3.49. The zero-order valence-electron chi connectivity index (χ0n) is 13.1. The fourth-order valence-electron chi connectivity index (χ4n) is 2.41. The third-order valence-corrected chi connectivity index (χ3v) is 3.40. The minimum atomic E-state index is -0.540. The quantitative estimate of drug-likeness (QED) is 0.795. The van der Waals surface area contributed by atoms with Crippen molar-refractivity contribution in [3.8, 4) is 0 Å². The number of amides is 2. The third-order valence-electron chi connectivity index (χ3n) is 3.40. The van der Waals surface area contributed by atoms with E-state index in [0.29, 0.717) is 6.42 Å². The van der Waals surface area contributed by atoms with Crippen molar-refractivity contribution >= 4 is 12.0 Å². The van der Waals surface area contributed by atoms with Crippen molar-refractivity contribution in [2.24, 2.45) is 11.7 Å². The smallest absolute Gasteiger partial charge is 0.407 e. The van der Waals surface area contributed by atoms with Gasteiger partial charge in [-0.25, -0.2) is 4.79 Å². The lowest BCUT2D eigenvalue weighted by molar-refractivity contribution is -0.134. The lowest BCUT2D eigenvalue weighted by atomic mass is 9.82. The molecule has 0 bridgehead atoms. The molecular formula is C14H27N3O3. The minimum absolute atomic E-state index is 0.0789. The molecule has 0 heterocycles. The molecule has 3 N–H and O–H groups in total. The molecule has 6 heteroatoms. The Kier molecular flexibility index (Phi) is 5.39. The first-order valence-electron chi connectivity index (χ1n) is 7.06. The first-order chi connectivity index (χ1) is 9.10. The van der Waals surface area contributed by atoms with Crippen LogP contribution in [0, 0.1) is 5.92 Å². The monoisotopic (exact) mass is 285 g/mol. The Morgan fingerprint density at radius 1 is 1.25 bits per heavy atom. The van der Waals surface area contributed by atoms with Crippen LogP contribution in [0.2, 0.25) is 0 Å². The molecule has 0 saturated heterocycles. The Morgan fingerprint density at radius 3 is 2.35 bits per heavy atom. The summed E-state index contributed by atoms with van der Waals surface area (Å²) < 4.78 is 5.23. The molecule has 1 saturated carbocycles. The van der Waals surface area contributed by atoms with Crippen molar-refractivity contribution in [2.45, 2.75) is 57.7 Å². The van der Waals surface area contributed by atoms with E-state index in [1.807, 2.05) is 20.8 Å². The van der Waals surface area contributed by atoms with Gasteiger partial charge in [0.1, 0.15) is 5.60 Å². The second-order valence-electron chi connectivity index (χ2n) is 6.66. The van der Waals surface area contributed by atoms with Crippen molar-refractivity contribution in [1.82, 2.24) is 10.2 Å². The fraction of sp³-hybridized carbons (Fsp3) is 0.857. The molecule has 116 valence electrons. The second kappa shape index (κ2) is 6.43. The van der Waals surface area contributed by atoms with Crippen molar-refractivity contribution in [1.29, 1.82) is 0 Å². The zero-order valence-corrected chi connectivity index (χ0v) is 13.1. The van der Waals surface area contributed by atoms with Gasteiger partial charge in [0.05, 0.1) is 0 Å². The number of alkyl carbamates (subject to hydrolysis) is 1. The summed E-state index contributed by atoms with van der Waals surface area (Å²) in [6.45, 7) is 5.43. The molecule has 0 spiro atoms. The van der Waals surface area contributed by atoms with E-state index in [1.54, 1.807) is 19.0 Å². The van der Waals surface area contributed by atoms with Gasteiger partial charge in [-0.15, -0.1) is 0 Å². The van der Waals surface area contributed by atoms with Crippen LogP contribution in [-0.4, -0.2) is 48.7 Å². The first kappa shape index (κ1) is 16.8. The molecule has 0 aromatic heterocycles. The molecule has 1 aliphatic rings. The van der Waals surface area contributed by atoms with Gasteiger partial charge in [-0.3, -0.25) is 4.79 Å². The normalized spacial score (nSPS) is 26.8. The van der Waals surface area contributed by atoms with Crippen molar-refractivity contribution in [3.63, 3.8) is 0 Å². The van der Waals surface area contributed by atoms with Gasteiger partial charge in [0.15, 0.2) is 0 Å². The van der Waals surface area contributed by atoms with Crippen LogP contribution in [-0.2, 0) is 9.53 Å². The van der Waals surface area contributed by atoms with Crippen LogP contribution < -0.4 is 11.1 Å². The molecule has 20 heavy (non-hydrogen) atoms. The third kappa shape index (κ3) is 5.00. The number of ether oxygens (including phenoxy) is 1. The van der Waals surface area contributed by atoms with E-state index >= 15 is 0 Å². The van der Waals surface area contributed by atoms with Gasteiger partial charge in [-0.2, -0.15) is 0 Å². The Balaban J connectivity index is 2.59. The highest BCUT2D eigenvalue weighted by Crippen LogP contribution is 2.25. The molecule has 0 radical (unpaired) electrons. The predicted molar refractivity (Wildman–Crippen MR) is 77.2 cm³/mol. The lowest BCUT2D eigenvalue weighted by Crippen LogP contribution is -2.53. The highest BCUT2D eigenvalue weighted by molar-refractivity contribution is 5.78. The van der Waals surface area contributed by atoms with Gasteiger partial charge >= 0.3 is 6.09 Å². The van der Waals surface area contributed by atoms with E-state index in [-0.39, 0.29) is 23.9 Å². The van der Waals surface area contributed by atoms with Crippen LogP contribution in [0.4, 0.5) is 4.79 Å². The van der Waals surface area contributed by atoms with Crippen molar-refractivity contribution in [3.05, 3.63) is 0 Å². The fourth-order valence-corrected chi connectivity index (χ4v) is 2.41. The molecule has 0 aliphatic heterocycles. The molecule has 1 aliphatic carbocycles. The minimum Gasteiger partial charge on any atom is -0.444 e. The van der Waals surface area contributed by atoms with E-state index in [4.69, 9.17) is 10.5 Å². The molecule has 0 aromatic carbocycles. The Morgan fingerprint density at radius 2 is 1.85 bits per heavy atom. The summed E-state index contributed by atoms with van der Waals surface area (Å²) in [6.07, 6.45) is 1.59. The summed E-state index contributed by atoms with van der Waals surface area (Å²) >= 11 is 0. The molecule has 6 nitrogen and oxygen atoms in total. The highest BCUT2D eigenvalue weighted by Gasteiger charge is 2.34. The Hall–Kier alpha value is -1.30. The molecule has 1 fully saturated rings. The second-order valence-corrected chi connectivity index (χ2v) is 6.66. The van der Waals surface area contributed by atoms with E-state index in [0.717, 1.165) is 12.8 Å². The summed E-state index contributed by atoms with van der Waals surface area (Å²) in [4.78, 5) is 25.4. The van der Waals surface area contributed by atoms with Gasteiger partial charge in [0.2, 0.25) is 5.91 Å². The number of hydrogen-bond donors (Lipinski definition) is 2. The SMILES string of the molecule is CN(C)C(=O)[C@H]1CC[C@H](N)[C@H](NC(=O)OC(C)(C)C)C1. The van der Waals surface area contributed by atoms with E-state index in [1.165, 1.54) is 0 Å². The maximum absolute atomic E-state index is 12.0. The Bertz CT molecular complexity index is 363. The van der Waals surface area contributed by atoms with E-state index in [9.17, 15) is 9.59 Å². The van der Waals surface area contributed by atoms with Gasteiger partial charge in [-0.1, -0.05) is 0 Å². The van der Waals surface area contributed by atoms with Crippen LogP contribution in [0.15, 0.2) is 0 Å². The maximum atomic E-state index is 12.0. The van der Waals surface area contributed by atoms with Crippen molar-refractivity contribution in [2.75, 3.05) is 14.1 Å². The predicted octanol–water partition coefficient (Wildman–Crippen LogP) is 1.10. The number of carbonyl (C=O) groups is 2. The summed E-state index contributed by atoms with van der Waals surface area (Å²) in [5.41, 5.74) is 5.49. The number of nitrogens with one attached hydrogen (secondary N) is 1. The summed E-state index contributed by atoms with van der Waals surface area (Å²) in [5.74, 6) is 0.0117. The number of nitrogens with zero attached hydrogens (tertiary/aromatic N) is 1. The largest absolute Gasteiger partial charge is 0.444 e. The van der Waals surface area contributed by atoms with Gasteiger partial charge in [-0.05, 0) is 40.0 Å². The standard InChI is InChI=1S/C14H27N3O3/c1-14(2,3)20-13(19)16-11-8-9(6-7-10(11)15)12(18)17(4)5/h9-11H,6-8,15H2,1-5H3,(H,16,19)/t9-,10-,11+/m0/s1. The van der Waals surface area contributed by atoms with Gasteiger partial charge in [0, 0.05) is 32.1 Å².